The predicted octanol–water partition coefficient (Wildman–Crippen LogP) is -0.132. The van der Waals surface area contributed by atoms with Crippen molar-refractivity contribution in [2.24, 2.45) is 15.8 Å². The summed E-state index contributed by atoms with van der Waals surface area (Å²) in [5.41, 5.74) is 5.36. The van der Waals surface area contributed by atoms with Crippen LogP contribution in [0.25, 0.3) is 0 Å². The van der Waals surface area contributed by atoms with Gasteiger partial charge in [-0.05, 0) is 6.92 Å². The van der Waals surface area contributed by atoms with Crippen LogP contribution in [0.5, 0.6) is 0 Å². The van der Waals surface area contributed by atoms with Gasteiger partial charge in [-0.15, -0.1) is 0 Å². The van der Waals surface area contributed by atoms with Gasteiger partial charge in [0.2, 0.25) is 5.96 Å². The van der Waals surface area contributed by atoms with E-state index in [9.17, 15) is 0 Å². The van der Waals surface area contributed by atoms with Gasteiger partial charge in [0, 0.05) is 20.3 Å². The number of hydrogen-bond acceptors (Lipinski definition) is 2. The van der Waals surface area contributed by atoms with Crippen molar-refractivity contribution in [1.29, 1.82) is 0 Å². The molecule has 0 aromatic heterocycles. The molecule has 0 spiro atoms. The highest BCUT2D eigenvalue weighted by Crippen LogP contribution is 1.79. The Kier molecular flexibility index (Phi) is 3.43. The second-order valence-corrected chi connectivity index (χ2v) is 1.48. The molecule has 0 rings (SSSR count). The molecule has 0 atom stereocenters. The zero-order chi connectivity index (χ0) is 7.28. The third-order valence-corrected chi connectivity index (χ3v) is 0.849. The second kappa shape index (κ2) is 3.88. The zero-order valence-corrected chi connectivity index (χ0v) is 6.00. The Bertz CT molecular complexity index is 127. The predicted molar refractivity (Wildman–Crippen MR) is 39.5 cm³/mol. The Morgan fingerprint density at radius 3 is 2.56 bits per heavy atom. The van der Waals surface area contributed by atoms with Gasteiger partial charge in [-0.25, -0.2) is 5.01 Å². The molecule has 0 bridgehead atoms. The monoisotopic (exact) mass is 128 g/mol. The highest BCUT2D eigenvalue weighted by molar-refractivity contribution is 5.78. The summed E-state index contributed by atoms with van der Waals surface area (Å²) in [6, 6.07) is 0. The van der Waals surface area contributed by atoms with Crippen molar-refractivity contribution >= 4 is 12.2 Å². The van der Waals surface area contributed by atoms with E-state index in [1.807, 2.05) is 6.92 Å². The van der Waals surface area contributed by atoms with Gasteiger partial charge in [0.1, 0.15) is 0 Å². The molecular weight excluding hydrogens is 116 g/mol. The Balaban J connectivity index is 3.88. The lowest BCUT2D eigenvalue weighted by Crippen LogP contribution is -2.29. The number of hydrogen-bond donors (Lipinski definition) is 1. The first kappa shape index (κ1) is 7.94. The second-order valence-electron chi connectivity index (χ2n) is 1.48. The molecule has 0 unspecified atom stereocenters. The van der Waals surface area contributed by atoms with Gasteiger partial charge in [0.25, 0.3) is 0 Å². The lowest BCUT2D eigenvalue weighted by molar-refractivity contribution is 0.539. The molecule has 52 valence electrons. The van der Waals surface area contributed by atoms with Crippen LogP contribution in [0.3, 0.4) is 0 Å². The summed E-state index contributed by atoms with van der Waals surface area (Å²) in [4.78, 5) is 3.71. The van der Waals surface area contributed by atoms with E-state index in [2.05, 4.69) is 10.1 Å². The van der Waals surface area contributed by atoms with Crippen LogP contribution in [0.1, 0.15) is 6.92 Å². The fourth-order valence-electron chi connectivity index (χ4n) is 0.377. The minimum atomic E-state index is 0.410. The molecule has 2 N–H and O–H groups in total. The van der Waals surface area contributed by atoms with Crippen LogP contribution < -0.4 is 5.73 Å². The van der Waals surface area contributed by atoms with Crippen molar-refractivity contribution in [2.75, 3.05) is 14.1 Å². The number of nitrogens with two attached hydrogens (primary N) is 1. The fourth-order valence-corrected chi connectivity index (χ4v) is 0.377. The Morgan fingerprint density at radius 1 is 1.67 bits per heavy atom. The molecule has 0 aliphatic rings. The Hall–Kier alpha value is -1.06. The Labute approximate surface area is 55.1 Å². The standard InChI is InChI=1S/C5H12N4/c1-4-8-9(3)5(6)7-2/h4H,1-3H3,(H2,6,7). The van der Waals surface area contributed by atoms with Gasteiger partial charge in [0.15, 0.2) is 0 Å². The van der Waals surface area contributed by atoms with Crippen LogP contribution in [-0.4, -0.2) is 31.3 Å². The average Bonchev–Trinajstić information content (AvgIpc) is 1.87. The third kappa shape index (κ3) is 2.69. The van der Waals surface area contributed by atoms with Crippen LogP contribution in [0.15, 0.2) is 10.1 Å². The molecule has 0 aromatic rings. The van der Waals surface area contributed by atoms with Crippen LogP contribution >= 0.6 is 0 Å². The molecule has 0 aliphatic carbocycles. The minimum absolute atomic E-state index is 0.410. The van der Waals surface area contributed by atoms with E-state index in [0.717, 1.165) is 0 Å². The first-order valence-electron chi connectivity index (χ1n) is 2.67. The van der Waals surface area contributed by atoms with Gasteiger partial charge < -0.3 is 5.73 Å². The largest absolute Gasteiger partial charge is 0.368 e. The van der Waals surface area contributed by atoms with E-state index in [4.69, 9.17) is 5.73 Å². The van der Waals surface area contributed by atoms with Crippen molar-refractivity contribution < 1.29 is 0 Å². The van der Waals surface area contributed by atoms with Crippen molar-refractivity contribution in [2.45, 2.75) is 6.92 Å². The Morgan fingerprint density at radius 2 is 2.22 bits per heavy atom. The lowest BCUT2D eigenvalue weighted by Gasteiger charge is -2.08. The maximum Gasteiger partial charge on any atom is 0.211 e. The molecule has 9 heavy (non-hydrogen) atoms. The maximum atomic E-state index is 5.36. The smallest absolute Gasteiger partial charge is 0.211 e. The molecule has 4 heteroatoms. The molecule has 0 amide bonds. The van der Waals surface area contributed by atoms with Crippen molar-refractivity contribution in [3.8, 4) is 0 Å². The number of aliphatic imine (C=N–C) groups is 1. The van der Waals surface area contributed by atoms with E-state index in [0.29, 0.717) is 5.96 Å². The zero-order valence-electron chi connectivity index (χ0n) is 6.00. The summed E-state index contributed by atoms with van der Waals surface area (Å²) < 4.78 is 0. The van der Waals surface area contributed by atoms with Crippen molar-refractivity contribution in [3.63, 3.8) is 0 Å². The van der Waals surface area contributed by atoms with Gasteiger partial charge in [0.05, 0.1) is 0 Å². The van der Waals surface area contributed by atoms with Crippen LogP contribution in [0.4, 0.5) is 0 Å². The molecular formula is C5H12N4. The summed E-state index contributed by atoms with van der Waals surface area (Å²) in [6.07, 6.45) is 1.65. The molecule has 0 radical (unpaired) electrons. The molecule has 0 saturated carbocycles. The molecule has 0 fully saturated rings. The maximum absolute atomic E-state index is 5.36. The van der Waals surface area contributed by atoms with Crippen LogP contribution in [0.2, 0.25) is 0 Å². The summed E-state index contributed by atoms with van der Waals surface area (Å²) in [5.74, 6) is 0.410. The van der Waals surface area contributed by atoms with E-state index < -0.39 is 0 Å². The quantitative estimate of drug-likeness (QED) is 0.304. The molecule has 0 aliphatic heterocycles. The van der Waals surface area contributed by atoms with E-state index in [1.165, 1.54) is 5.01 Å². The summed E-state index contributed by atoms with van der Waals surface area (Å²) in [7, 11) is 3.36. The van der Waals surface area contributed by atoms with E-state index >= 15 is 0 Å². The summed E-state index contributed by atoms with van der Waals surface area (Å²) >= 11 is 0. The SMILES string of the molecule is CC=NN(C)C(N)=NC. The lowest BCUT2D eigenvalue weighted by atomic mass is 10.9. The number of nitrogens with zero attached hydrogens (tertiary/aromatic N) is 3. The number of hydrazone groups is 1. The summed E-state index contributed by atoms with van der Waals surface area (Å²) in [5, 5.41) is 5.35. The van der Waals surface area contributed by atoms with Crippen molar-refractivity contribution in [3.05, 3.63) is 0 Å². The van der Waals surface area contributed by atoms with Gasteiger partial charge in [-0.2, -0.15) is 5.10 Å². The molecule has 0 heterocycles. The first-order valence-corrected chi connectivity index (χ1v) is 2.67. The normalized spacial score (nSPS) is 12.6. The highest BCUT2D eigenvalue weighted by atomic mass is 15.5. The highest BCUT2D eigenvalue weighted by Gasteiger charge is 1.92. The van der Waals surface area contributed by atoms with Crippen LogP contribution in [0, 0.1) is 0 Å². The van der Waals surface area contributed by atoms with E-state index in [-0.39, 0.29) is 0 Å². The van der Waals surface area contributed by atoms with Gasteiger partial charge in [-0.3, -0.25) is 4.99 Å². The van der Waals surface area contributed by atoms with Gasteiger partial charge in [-0.1, -0.05) is 0 Å². The third-order valence-electron chi connectivity index (χ3n) is 0.849. The fraction of sp³-hybridized carbons (Fsp3) is 0.600. The number of guanidine groups is 1. The van der Waals surface area contributed by atoms with E-state index in [1.54, 1.807) is 20.3 Å². The minimum Gasteiger partial charge on any atom is -0.368 e. The molecule has 0 aromatic carbocycles. The number of rotatable bonds is 1. The van der Waals surface area contributed by atoms with Gasteiger partial charge >= 0.3 is 0 Å². The molecule has 0 saturated heterocycles. The van der Waals surface area contributed by atoms with Crippen molar-refractivity contribution in [1.82, 2.24) is 5.01 Å². The summed E-state index contributed by atoms with van der Waals surface area (Å²) in [6.45, 7) is 1.82. The van der Waals surface area contributed by atoms with Crippen LogP contribution in [-0.2, 0) is 0 Å². The topological polar surface area (TPSA) is 54.0 Å². The molecule has 4 nitrogen and oxygen atoms in total. The average molecular weight is 128 g/mol. The first-order chi connectivity index (χ1) is 4.22.